The monoisotopic (exact) mass is 258 g/mol. The van der Waals surface area contributed by atoms with Gasteiger partial charge in [-0.2, -0.15) is 0 Å². The van der Waals surface area contributed by atoms with Gasteiger partial charge < -0.3 is 0 Å². The van der Waals surface area contributed by atoms with Gasteiger partial charge in [-0.15, -0.1) is 0 Å². The van der Waals surface area contributed by atoms with Gasteiger partial charge in [-0.3, -0.25) is 9.59 Å². The number of rotatable bonds is 2. The van der Waals surface area contributed by atoms with Gasteiger partial charge in [0.25, 0.3) is 0 Å². The van der Waals surface area contributed by atoms with Crippen molar-refractivity contribution in [2.24, 2.45) is 0 Å². The van der Waals surface area contributed by atoms with Crippen LogP contribution in [0.5, 0.6) is 0 Å². The average Bonchev–Trinajstić information content (AvgIpc) is 2.70. The molecule has 2 nitrogen and oxygen atoms in total. The van der Waals surface area contributed by atoms with Crippen LogP contribution in [-0.4, -0.2) is 16.7 Å². The molecule has 1 aromatic carbocycles. The number of hydrogen-bond acceptors (Lipinski definition) is 3. The average molecular weight is 258 g/mol. The van der Waals surface area contributed by atoms with E-state index in [1.54, 1.807) is 6.92 Å². The molecular weight excluding hydrogens is 244 g/mol. The van der Waals surface area contributed by atoms with Crippen LogP contribution in [0.4, 0.5) is 0 Å². The summed E-state index contributed by atoms with van der Waals surface area (Å²) in [5.74, 6) is 7.11. The van der Waals surface area contributed by atoms with E-state index in [1.165, 1.54) is 11.8 Å². The van der Waals surface area contributed by atoms with Gasteiger partial charge in [0.1, 0.15) is 0 Å². The number of thioether (sulfide) groups is 1. The number of aryl methyl sites for hydroxylation is 1. The number of Topliss-reactive ketones (excluding diaryl/α,β-unsaturated/α-hetero) is 1. The number of carbonyl (C=O) groups excluding carboxylic acids is 2. The molecule has 0 N–H and O–H groups in total. The van der Waals surface area contributed by atoms with Crippen molar-refractivity contribution in [3.05, 3.63) is 34.9 Å². The van der Waals surface area contributed by atoms with E-state index >= 15 is 0 Å². The fourth-order valence-electron chi connectivity index (χ4n) is 1.94. The highest BCUT2D eigenvalue weighted by atomic mass is 32.2. The van der Waals surface area contributed by atoms with Gasteiger partial charge >= 0.3 is 0 Å². The van der Waals surface area contributed by atoms with Crippen molar-refractivity contribution in [1.29, 1.82) is 0 Å². The molecule has 0 aliphatic heterocycles. The normalized spacial score (nSPS) is 12.8. The smallest absolute Gasteiger partial charge is 0.185 e. The van der Waals surface area contributed by atoms with Crippen molar-refractivity contribution >= 4 is 22.7 Å². The second kappa shape index (κ2) is 5.88. The summed E-state index contributed by atoms with van der Waals surface area (Å²) < 4.78 is 0. The van der Waals surface area contributed by atoms with E-state index in [0.29, 0.717) is 12.8 Å². The summed E-state index contributed by atoms with van der Waals surface area (Å²) >= 11 is 1.30. The molecule has 0 saturated carbocycles. The van der Waals surface area contributed by atoms with E-state index in [-0.39, 0.29) is 10.9 Å². The Morgan fingerprint density at radius 2 is 2.22 bits per heavy atom. The maximum atomic E-state index is 11.5. The number of benzene rings is 1. The summed E-state index contributed by atoms with van der Waals surface area (Å²) in [6.45, 7) is 1.57. The van der Waals surface area contributed by atoms with Crippen LogP contribution in [0.3, 0.4) is 0 Å². The third-order valence-corrected chi connectivity index (χ3v) is 3.61. The lowest BCUT2D eigenvalue weighted by atomic mass is 10.1. The van der Waals surface area contributed by atoms with Gasteiger partial charge in [0.15, 0.2) is 10.9 Å². The number of fused-ring (bicyclic) bond motifs is 1. The molecular formula is C15H14O2S. The zero-order valence-electron chi connectivity index (χ0n) is 10.3. The van der Waals surface area contributed by atoms with Gasteiger partial charge in [0, 0.05) is 36.6 Å². The van der Waals surface area contributed by atoms with Crippen molar-refractivity contribution in [1.82, 2.24) is 0 Å². The highest BCUT2D eigenvalue weighted by Gasteiger charge is 2.18. The third-order valence-electron chi connectivity index (χ3n) is 2.79. The molecule has 0 saturated heterocycles. The standard InChI is InChI=1S/C15H14O2S/c1-11(16)18-9-3-2-4-12-5-7-14-13(10-12)6-8-15(14)17/h5,7,10H,3,6,8-9H2,1H3. The molecule has 1 aliphatic rings. The molecule has 0 aromatic heterocycles. The Bertz CT molecular complexity index is 549. The maximum Gasteiger partial charge on any atom is 0.185 e. The van der Waals surface area contributed by atoms with E-state index in [2.05, 4.69) is 11.8 Å². The predicted molar refractivity (Wildman–Crippen MR) is 73.7 cm³/mol. The molecule has 18 heavy (non-hydrogen) atoms. The Kier molecular flexibility index (Phi) is 4.22. The zero-order chi connectivity index (χ0) is 13.0. The van der Waals surface area contributed by atoms with E-state index in [0.717, 1.165) is 28.9 Å². The van der Waals surface area contributed by atoms with Crippen LogP contribution in [0.25, 0.3) is 0 Å². The molecule has 0 radical (unpaired) electrons. The zero-order valence-corrected chi connectivity index (χ0v) is 11.1. The predicted octanol–water partition coefficient (Wildman–Crippen LogP) is 2.84. The molecule has 0 unspecified atom stereocenters. The molecule has 1 aliphatic carbocycles. The minimum Gasteiger partial charge on any atom is -0.294 e. The highest BCUT2D eigenvalue weighted by Crippen LogP contribution is 2.22. The second-order valence-electron chi connectivity index (χ2n) is 4.19. The van der Waals surface area contributed by atoms with Gasteiger partial charge in [-0.05, 0) is 30.2 Å². The van der Waals surface area contributed by atoms with Crippen molar-refractivity contribution in [3.63, 3.8) is 0 Å². The van der Waals surface area contributed by atoms with Crippen LogP contribution in [0, 0.1) is 11.8 Å². The van der Waals surface area contributed by atoms with E-state index in [1.807, 2.05) is 18.2 Å². The molecule has 0 fully saturated rings. The lowest BCUT2D eigenvalue weighted by Crippen LogP contribution is -1.90. The molecule has 1 aromatic rings. The first-order valence-electron chi connectivity index (χ1n) is 5.95. The molecule has 0 spiro atoms. The quantitative estimate of drug-likeness (QED) is 0.604. The summed E-state index contributed by atoms with van der Waals surface area (Å²) in [5, 5.41) is 0.132. The molecule has 0 atom stereocenters. The van der Waals surface area contributed by atoms with E-state index in [9.17, 15) is 9.59 Å². The number of hydrogen-bond donors (Lipinski definition) is 0. The second-order valence-corrected chi connectivity index (χ2v) is 5.46. The lowest BCUT2D eigenvalue weighted by Gasteiger charge is -1.97. The fourth-order valence-corrected chi connectivity index (χ4v) is 2.44. The summed E-state index contributed by atoms with van der Waals surface area (Å²) in [5.41, 5.74) is 2.92. The van der Waals surface area contributed by atoms with E-state index in [4.69, 9.17) is 0 Å². The number of carbonyl (C=O) groups is 2. The lowest BCUT2D eigenvalue weighted by molar-refractivity contribution is -0.109. The van der Waals surface area contributed by atoms with Gasteiger partial charge in [0.05, 0.1) is 0 Å². The van der Waals surface area contributed by atoms with Crippen molar-refractivity contribution in [2.75, 3.05) is 5.75 Å². The first-order valence-corrected chi connectivity index (χ1v) is 6.94. The molecule has 92 valence electrons. The van der Waals surface area contributed by atoms with Crippen molar-refractivity contribution < 1.29 is 9.59 Å². The summed E-state index contributed by atoms with van der Waals surface area (Å²) in [6.07, 6.45) is 2.17. The first kappa shape index (κ1) is 12.9. The fraction of sp³-hybridized carbons (Fsp3) is 0.333. The van der Waals surface area contributed by atoms with Gasteiger partial charge in [-0.1, -0.05) is 23.6 Å². The molecule has 0 heterocycles. The van der Waals surface area contributed by atoms with Crippen LogP contribution in [0.2, 0.25) is 0 Å². The minimum absolute atomic E-state index is 0.132. The van der Waals surface area contributed by atoms with Crippen LogP contribution >= 0.6 is 11.8 Å². The number of ketones is 1. The van der Waals surface area contributed by atoms with Crippen molar-refractivity contribution in [2.45, 2.75) is 26.2 Å². The Labute approximate surface area is 111 Å². The third kappa shape index (κ3) is 3.24. The van der Waals surface area contributed by atoms with Crippen LogP contribution < -0.4 is 0 Å². The maximum absolute atomic E-state index is 11.5. The summed E-state index contributed by atoms with van der Waals surface area (Å²) in [7, 11) is 0. The minimum atomic E-state index is 0.132. The van der Waals surface area contributed by atoms with Crippen LogP contribution in [0.1, 0.15) is 41.3 Å². The van der Waals surface area contributed by atoms with Gasteiger partial charge in [-0.25, -0.2) is 0 Å². The van der Waals surface area contributed by atoms with E-state index < -0.39 is 0 Å². The molecule has 2 rings (SSSR count). The summed E-state index contributed by atoms with van der Waals surface area (Å²) in [4.78, 5) is 22.2. The highest BCUT2D eigenvalue weighted by molar-refractivity contribution is 8.13. The Morgan fingerprint density at radius 1 is 1.39 bits per heavy atom. The molecule has 0 bridgehead atoms. The topological polar surface area (TPSA) is 34.1 Å². The molecule has 3 heteroatoms. The molecule has 0 amide bonds. The van der Waals surface area contributed by atoms with Crippen molar-refractivity contribution in [3.8, 4) is 11.8 Å². The SMILES string of the molecule is CC(=O)SCCC#Cc1ccc2c(c1)CCC2=O. The van der Waals surface area contributed by atoms with Gasteiger partial charge in [0.2, 0.25) is 0 Å². The Hall–Kier alpha value is -1.53. The summed E-state index contributed by atoms with van der Waals surface area (Å²) in [6, 6.07) is 5.78. The Balaban J connectivity index is 1.97. The van der Waals surface area contributed by atoms with Crippen LogP contribution in [-0.2, 0) is 11.2 Å². The van der Waals surface area contributed by atoms with Crippen LogP contribution in [0.15, 0.2) is 18.2 Å². The largest absolute Gasteiger partial charge is 0.294 e. The Morgan fingerprint density at radius 3 is 3.00 bits per heavy atom. The first-order chi connectivity index (χ1) is 8.66.